The molecule has 0 aromatic carbocycles. The lowest BCUT2D eigenvalue weighted by molar-refractivity contribution is -0.159. The summed E-state index contributed by atoms with van der Waals surface area (Å²) in [5.41, 5.74) is -0.531. The van der Waals surface area contributed by atoms with Crippen molar-refractivity contribution in [3.8, 4) is 0 Å². The number of rotatable bonds is 3. The van der Waals surface area contributed by atoms with E-state index in [1.165, 1.54) is 0 Å². The molecule has 0 aliphatic carbocycles. The van der Waals surface area contributed by atoms with Crippen LogP contribution in [0.4, 0.5) is 0 Å². The largest absolute Gasteiger partial charge is 0.464 e. The summed E-state index contributed by atoms with van der Waals surface area (Å²) < 4.78 is 5.07. The van der Waals surface area contributed by atoms with Crippen molar-refractivity contribution in [2.24, 2.45) is 10.8 Å². The molecule has 2 nitrogen and oxygen atoms in total. The first-order chi connectivity index (χ1) is 5.73. The van der Waals surface area contributed by atoms with Gasteiger partial charge in [-0.1, -0.05) is 20.8 Å². The second kappa shape index (κ2) is 4.36. The first-order valence-corrected chi connectivity index (χ1v) is 5.15. The highest BCUT2D eigenvalue weighted by Gasteiger charge is 2.40. The predicted octanol–water partition coefficient (Wildman–Crippen LogP) is 2.53. The molecule has 0 fully saturated rings. The molecule has 13 heavy (non-hydrogen) atoms. The van der Waals surface area contributed by atoms with Gasteiger partial charge in [0.15, 0.2) is 0 Å². The number of hydrogen-bond donors (Lipinski definition) is 1. The molecule has 0 aliphatic heterocycles. The van der Waals surface area contributed by atoms with Gasteiger partial charge in [-0.2, -0.15) is 12.6 Å². The number of carbonyl (C=O) groups is 1. The molecular weight excluding hydrogens is 184 g/mol. The molecule has 3 heteroatoms. The fraction of sp³-hybridized carbons (Fsp3) is 0.900. The van der Waals surface area contributed by atoms with Gasteiger partial charge in [-0.25, -0.2) is 0 Å². The highest BCUT2D eigenvalue weighted by Crippen LogP contribution is 2.38. The second-order valence-corrected chi connectivity index (χ2v) is 5.18. The zero-order valence-electron chi connectivity index (χ0n) is 9.18. The van der Waals surface area contributed by atoms with Gasteiger partial charge in [0.1, 0.15) is 6.61 Å². The summed E-state index contributed by atoms with van der Waals surface area (Å²) in [6.07, 6.45) is 0. The molecule has 0 saturated heterocycles. The Hall–Kier alpha value is -0.180. The third-order valence-corrected chi connectivity index (χ3v) is 2.89. The Morgan fingerprint density at radius 2 is 1.69 bits per heavy atom. The zero-order chi connectivity index (χ0) is 10.7. The third kappa shape index (κ3) is 3.22. The van der Waals surface area contributed by atoms with Crippen molar-refractivity contribution in [1.29, 1.82) is 0 Å². The molecule has 0 aromatic heterocycles. The van der Waals surface area contributed by atoms with Gasteiger partial charge in [-0.15, -0.1) is 0 Å². The van der Waals surface area contributed by atoms with Crippen molar-refractivity contribution >= 4 is 18.6 Å². The van der Waals surface area contributed by atoms with E-state index in [0.717, 1.165) is 0 Å². The minimum absolute atomic E-state index is 0.0827. The van der Waals surface area contributed by atoms with Crippen LogP contribution in [0.25, 0.3) is 0 Å². The number of hydrogen-bond acceptors (Lipinski definition) is 3. The monoisotopic (exact) mass is 204 g/mol. The van der Waals surface area contributed by atoms with Crippen LogP contribution in [-0.2, 0) is 9.53 Å². The number of ether oxygens (including phenoxy) is 1. The van der Waals surface area contributed by atoms with Gasteiger partial charge in [0, 0.05) is 5.75 Å². The molecule has 78 valence electrons. The lowest BCUT2D eigenvalue weighted by atomic mass is 9.69. The molecule has 0 N–H and O–H groups in total. The summed E-state index contributed by atoms with van der Waals surface area (Å²) >= 11 is 3.99. The maximum absolute atomic E-state index is 11.6. The Labute approximate surface area is 86.5 Å². The summed E-state index contributed by atoms with van der Waals surface area (Å²) in [6.45, 7) is 10.3. The molecule has 0 rings (SSSR count). The lowest BCUT2D eigenvalue weighted by Crippen LogP contribution is -2.39. The molecule has 0 atom stereocenters. The van der Waals surface area contributed by atoms with E-state index in [1.807, 2.05) is 34.6 Å². The number of esters is 1. The fourth-order valence-electron chi connectivity index (χ4n) is 0.625. The molecule has 0 aliphatic rings. The predicted molar refractivity (Wildman–Crippen MR) is 58.0 cm³/mol. The molecule has 0 aromatic rings. The van der Waals surface area contributed by atoms with Crippen LogP contribution in [0.15, 0.2) is 0 Å². The number of thiol groups is 1. The minimum atomic E-state index is -0.448. The second-order valence-electron chi connectivity index (χ2n) is 4.73. The van der Waals surface area contributed by atoms with Crippen LogP contribution >= 0.6 is 12.6 Å². The minimum Gasteiger partial charge on any atom is -0.464 e. The highest BCUT2D eigenvalue weighted by molar-refractivity contribution is 7.80. The lowest BCUT2D eigenvalue weighted by Gasteiger charge is -2.36. The summed E-state index contributed by atoms with van der Waals surface area (Å²) in [5.74, 6) is 0.431. The van der Waals surface area contributed by atoms with Crippen molar-refractivity contribution < 1.29 is 9.53 Å². The van der Waals surface area contributed by atoms with Gasteiger partial charge in [0.2, 0.25) is 0 Å². The Morgan fingerprint density at radius 1 is 1.23 bits per heavy atom. The quantitative estimate of drug-likeness (QED) is 0.565. The summed E-state index contributed by atoms with van der Waals surface area (Å²) in [5, 5.41) is 0. The van der Waals surface area contributed by atoms with Gasteiger partial charge >= 0.3 is 5.97 Å². The Bertz CT molecular complexity index is 180. The van der Waals surface area contributed by atoms with E-state index in [-0.39, 0.29) is 11.4 Å². The smallest absolute Gasteiger partial charge is 0.312 e. The fourth-order valence-corrected chi connectivity index (χ4v) is 0.716. The van der Waals surface area contributed by atoms with Crippen LogP contribution in [0.2, 0.25) is 0 Å². The van der Waals surface area contributed by atoms with Crippen molar-refractivity contribution in [3.05, 3.63) is 0 Å². The van der Waals surface area contributed by atoms with Gasteiger partial charge in [0.05, 0.1) is 5.41 Å². The average Bonchev–Trinajstić information content (AvgIpc) is 1.97. The number of carbonyl (C=O) groups excluding carboxylic acids is 1. The normalized spacial score (nSPS) is 12.8. The summed E-state index contributed by atoms with van der Waals surface area (Å²) in [7, 11) is 0. The molecule has 0 heterocycles. The van der Waals surface area contributed by atoms with E-state index in [2.05, 4.69) is 12.6 Å². The zero-order valence-corrected chi connectivity index (χ0v) is 10.1. The standard InChI is InChI=1S/C10H20O2S/c1-9(2,3)10(4,5)8(11)12-6-7-13/h13H,6-7H2,1-5H3. The molecule has 0 bridgehead atoms. The van der Waals surface area contributed by atoms with Crippen LogP contribution in [0.1, 0.15) is 34.6 Å². The molecule has 0 saturated carbocycles. The topological polar surface area (TPSA) is 26.3 Å². The van der Waals surface area contributed by atoms with Gasteiger partial charge < -0.3 is 4.74 Å². The van der Waals surface area contributed by atoms with Crippen LogP contribution < -0.4 is 0 Å². The molecule has 0 unspecified atom stereocenters. The molecule has 0 amide bonds. The van der Waals surface area contributed by atoms with E-state index >= 15 is 0 Å². The third-order valence-electron chi connectivity index (χ3n) is 2.71. The van der Waals surface area contributed by atoms with Crippen molar-refractivity contribution in [3.63, 3.8) is 0 Å². The van der Waals surface area contributed by atoms with Crippen LogP contribution in [-0.4, -0.2) is 18.3 Å². The SMILES string of the molecule is CC(C)(C)C(C)(C)C(=O)OCCS. The first-order valence-electron chi connectivity index (χ1n) is 4.51. The highest BCUT2D eigenvalue weighted by atomic mass is 32.1. The van der Waals surface area contributed by atoms with Gasteiger partial charge in [-0.05, 0) is 19.3 Å². The average molecular weight is 204 g/mol. The molecule has 0 spiro atoms. The van der Waals surface area contributed by atoms with Crippen LogP contribution in [0, 0.1) is 10.8 Å². The Morgan fingerprint density at radius 3 is 2.00 bits per heavy atom. The summed E-state index contributed by atoms with van der Waals surface area (Å²) in [4.78, 5) is 11.6. The molecular formula is C10H20O2S. The van der Waals surface area contributed by atoms with Crippen molar-refractivity contribution in [1.82, 2.24) is 0 Å². The van der Waals surface area contributed by atoms with Crippen LogP contribution in [0.5, 0.6) is 0 Å². The Balaban J connectivity index is 4.37. The van der Waals surface area contributed by atoms with Gasteiger partial charge in [0.25, 0.3) is 0 Å². The van der Waals surface area contributed by atoms with Gasteiger partial charge in [-0.3, -0.25) is 4.79 Å². The van der Waals surface area contributed by atoms with Crippen molar-refractivity contribution in [2.75, 3.05) is 12.4 Å². The molecule has 0 radical (unpaired) electrons. The van der Waals surface area contributed by atoms with Crippen molar-refractivity contribution in [2.45, 2.75) is 34.6 Å². The first kappa shape index (κ1) is 12.8. The van der Waals surface area contributed by atoms with E-state index in [0.29, 0.717) is 12.4 Å². The maximum Gasteiger partial charge on any atom is 0.312 e. The Kier molecular flexibility index (Phi) is 4.30. The van der Waals surface area contributed by atoms with Crippen LogP contribution in [0.3, 0.4) is 0 Å². The summed E-state index contributed by atoms with van der Waals surface area (Å²) in [6, 6.07) is 0. The van der Waals surface area contributed by atoms with E-state index in [9.17, 15) is 4.79 Å². The van der Waals surface area contributed by atoms with E-state index in [4.69, 9.17) is 4.74 Å². The van der Waals surface area contributed by atoms with E-state index in [1.54, 1.807) is 0 Å². The van der Waals surface area contributed by atoms with E-state index < -0.39 is 5.41 Å². The maximum atomic E-state index is 11.6.